The summed E-state index contributed by atoms with van der Waals surface area (Å²) in [5.41, 5.74) is 5.66. The maximum Gasteiger partial charge on any atom is 0.231 e. The molecule has 16 heavy (non-hydrogen) atoms. The molecule has 1 rings (SSSR count). The molecular weight excluding hydrogens is 204 g/mol. The highest BCUT2D eigenvalue weighted by molar-refractivity contribution is 5.42. The van der Waals surface area contributed by atoms with E-state index in [0.29, 0.717) is 17.9 Å². The van der Waals surface area contributed by atoms with E-state index in [1.165, 1.54) is 0 Å². The largest absolute Gasteiger partial charge is 0.368 e. The summed E-state index contributed by atoms with van der Waals surface area (Å²) in [7, 11) is 5.71. The Morgan fingerprint density at radius 2 is 1.69 bits per heavy atom. The van der Waals surface area contributed by atoms with E-state index in [2.05, 4.69) is 28.8 Å². The maximum absolute atomic E-state index is 5.66. The van der Waals surface area contributed by atoms with Crippen molar-refractivity contribution in [2.24, 2.45) is 0 Å². The second-order valence-corrected chi connectivity index (χ2v) is 4.06. The van der Waals surface area contributed by atoms with Gasteiger partial charge in [-0.25, -0.2) is 0 Å². The van der Waals surface area contributed by atoms with Crippen molar-refractivity contribution in [2.75, 3.05) is 36.7 Å². The van der Waals surface area contributed by atoms with Gasteiger partial charge in [-0.1, -0.05) is 6.92 Å². The molecule has 0 aliphatic heterocycles. The van der Waals surface area contributed by atoms with Gasteiger partial charge in [0, 0.05) is 27.2 Å². The second-order valence-electron chi connectivity index (χ2n) is 4.06. The lowest BCUT2D eigenvalue weighted by Crippen LogP contribution is -2.30. The van der Waals surface area contributed by atoms with Crippen LogP contribution in [0.15, 0.2) is 0 Å². The lowest BCUT2D eigenvalue weighted by atomic mass is 10.2. The van der Waals surface area contributed by atoms with E-state index >= 15 is 0 Å². The molecule has 1 heterocycles. The Morgan fingerprint density at radius 3 is 2.19 bits per heavy atom. The van der Waals surface area contributed by atoms with Crippen LogP contribution in [0.25, 0.3) is 0 Å². The first-order valence-electron chi connectivity index (χ1n) is 5.37. The topological polar surface area (TPSA) is 71.2 Å². The fraction of sp³-hybridized carbons (Fsp3) is 0.700. The van der Waals surface area contributed by atoms with E-state index in [0.717, 1.165) is 6.42 Å². The van der Waals surface area contributed by atoms with Crippen LogP contribution in [0.4, 0.5) is 17.8 Å². The molecule has 0 fully saturated rings. The summed E-state index contributed by atoms with van der Waals surface area (Å²) in [6.07, 6.45) is 1.03. The quantitative estimate of drug-likeness (QED) is 0.814. The van der Waals surface area contributed by atoms with Crippen molar-refractivity contribution in [1.29, 1.82) is 0 Å². The molecule has 1 atom stereocenters. The van der Waals surface area contributed by atoms with E-state index in [4.69, 9.17) is 5.73 Å². The Bertz CT molecular complexity index is 351. The molecule has 2 N–H and O–H groups in total. The first-order valence-corrected chi connectivity index (χ1v) is 5.37. The van der Waals surface area contributed by atoms with Gasteiger partial charge < -0.3 is 15.5 Å². The van der Waals surface area contributed by atoms with Crippen molar-refractivity contribution in [2.45, 2.75) is 26.3 Å². The number of nitrogens with zero attached hydrogens (tertiary/aromatic N) is 5. The van der Waals surface area contributed by atoms with Crippen LogP contribution in [0.3, 0.4) is 0 Å². The first kappa shape index (κ1) is 12.5. The van der Waals surface area contributed by atoms with E-state index < -0.39 is 0 Å². The number of nitrogen functional groups attached to an aromatic ring is 1. The summed E-state index contributed by atoms with van der Waals surface area (Å²) in [6.45, 7) is 4.24. The third-order valence-corrected chi connectivity index (χ3v) is 2.60. The standard InChI is InChI=1S/C10H20N6/c1-6-7(2)16(5)10-13-8(11)12-9(14-10)15(3)4/h7H,6H2,1-5H3,(H2,11,12,13,14). The van der Waals surface area contributed by atoms with Crippen LogP contribution >= 0.6 is 0 Å². The summed E-state index contributed by atoms with van der Waals surface area (Å²) in [4.78, 5) is 16.4. The van der Waals surface area contributed by atoms with Crippen molar-refractivity contribution in [3.8, 4) is 0 Å². The van der Waals surface area contributed by atoms with Crippen LogP contribution in [0.1, 0.15) is 20.3 Å². The van der Waals surface area contributed by atoms with Gasteiger partial charge in [-0.3, -0.25) is 0 Å². The molecule has 1 aromatic rings. The SMILES string of the molecule is CCC(C)N(C)c1nc(N)nc(N(C)C)n1. The van der Waals surface area contributed by atoms with Crippen LogP contribution in [0.5, 0.6) is 0 Å². The van der Waals surface area contributed by atoms with Crippen molar-refractivity contribution in [1.82, 2.24) is 15.0 Å². The van der Waals surface area contributed by atoms with Gasteiger partial charge in [-0.2, -0.15) is 15.0 Å². The number of hydrogen-bond donors (Lipinski definition) is 1. The van der Waals surface area contributed by atoms with Gasteiger partial charge in [0.25, 0.3) is 0 Å². The Labute approximate surface area is 96.5 Å². The third-order valence-electron chi connectivity index (χ3n) is 2.60. The van der Waals surface area contributed by atoms with E-state index in [9.17, 15) is 0 Å². The average molecular weight is 224 g/mol. The summed E-state index contributed by atoms with van der Waals surface area (Å²) in [5.74, 6) is 1.45. The lowest BCUT2D eigenvalue weighted by Gasteiger charge is -2.24. The highest BCUT2D eigenvalue weighted by Gasteiger charge is 2.13. The first-order chi connectivity index (χ1) is 7.45. The van der Waals surface area contributed by atoms with Crippen LogP contribution < -0.4 is 15.5 Å². The molecular formula is C10H20N6. The van der Waals surface area contributed by atoms with Crippen LogP contribution in [-0.4, -0.2) is 42.1 Å². The Hall–Kier alpha value is -1.59. The average Bonchev–Trinajstić information content (AvgIpc) is 2.26. The Kier molecular flexibility index (Phi) is 3.87. The molecule has 6 heteroatoms. The number of aromatic nitrogens is 3. The molecule has 0 saturated heterocycles. The molecule has 1 unspecified atom stereocenters. The molecule has 90 valence electrons. The fourth-order valence-electron chi connectivity index (χ4n) is 1.20. The van der Waals surface area contributed by atoms with Gasteiger partial charge in [0.1, 0.15) is 0 Å². The number of rotatable bonds is 4. The molecule has 6 nitrogen and oxygen atoms in total. The van der Waals surface area contributed by atoms with Crippen molar-refractivity contribution in [3.63, 3.8) is 0 Å². The van der Waals surface area contributed by atoms with E-state index in [-0.39, 0.29) is 5.95 Å². The zero-order valence-electron chi connectivity index (χ0n) is 10.6. The van der Waals surface area contributed by atoms with Crippen molar-refractivity contribution in [3.05, 3.63) is 0 Å². The zero-order valence-corrected chi connectivity index (χ0v) is 10.6. The van der Waals surface area contributed by atoms with Crippen LogP contribution in [0, 0.1) is 0 Å². The van der Waals surface area contributed by atoms with Gasteiger partial charge in [-0.15, -0.1) is 0 Å². The highest BCUT2D eigenvalue weighted by atomic mass is 15.3. The Balaban J connectivity index is 3.04. The zero-order chi connectivity index (χ0) is 12.3. The van der Waals surface area contributed by atoms with Crippen molar-refractivity contribution < 1.29 is 0 Å². The smallest absolute Gasteiger partial charge is 0.231 e. The van der Waals surface area contributed by atoms with E-state index in [1.54, 1.807) is 0 Å². The third kappa shape index (κ3) is 2.71. The predicted molar refractivity (Wildman–Crippen MR) is 66.7 cm³/mol. The summed E-state index contributed by atoms with van der Waals surface area (Å²) < 4.78 is 0. The molecule has 0 spiro atoms. The molecule has 0 radical (unpaired) electrons. The van der Waals surface area contributed by atoms with Gasteiger partial charge in [0.05, 0.1) is 0 Å². The van der Waals surface area contributed by atoms with Gasteiger partial charge in [0.2, 0.25) is 17.8 Å². The molecule has 0 aliphatic carbocycles. The predicted octanol–water partition coefficient (Wildman–Crippen LogP) is 0.754. The van der Waals surface area contributed by atoms with E-state index in [1.807, 2.05) is 30.9 Å². The summed E-state index contributed by atoms with van der Waals surface area (Å²) in [5, 5.41) is 0. The van der Waals surface area contributed by atoms with Crippen molar-refractivity contribution >= 4 is 17.8 Å². The number of nitrogens with two attached hydrogens (primary N) is 1. The van der Waals surface area contributed by atoms with Gasteiger partial charge in [-0.05, 0) is 13.3 Å². The highest BCUT2D eigenvalue weighted by Crippen LogP contribution is 2.15. The molecule has 0 aromatic carbocycles. The monoisotopic (exact) mass is 224 g/mol. The molecule has 0 saturated carbocycles. The van der Waals surface area contributed by atoms with Gasteiger partial charge in [0.15, 0.2) is 0 Å². The normalized spacial score (nSPS) is 12.3. The Morgan fingerprint density at radius 1 is 1.12 bits per heavy atom. The fourth-order valence-corrected chi connectivity index (χ4v) is 1.20. The van der Waals surface area contributed by atoms with Crippen LogP contribution in [-0.2, 0) is 0 Å². The lowest BCUT2D eigenvalue weighted by molar-refractivity contribution is 0.647. The number of hydrogen-bond acceptors (Lipinski definition) is 6. The van der Waals surface area contributed by atoms with Crippen LogP contribution in [0.2, 0.25) is 0 Å². The minimum atomic E-state index is 0.254. The summed E-state index contributed by atoms with van der Waals surface area (Å²) >= 11 is 0. The molecule has 0 amide bonds. The van der Waals surface area contributed by atoms with Gasteiger partial charge >= 0.3 is 0 Å². The maximum atomic E-state index is 5.66. The summed E-state index contributed by atoms with van der Waals surface area (Å²) in [6, 6.07) is 0.372. The molecule has 0 bridgehead atoms. The minimum absolute atomic E-state index is 0.254. The number of anilines is 3. The second kappa shape index (κ2) is 4.96. The minimum Gasteiger partial charge on any atom is -0.368 e. The molecule has 1 aromatic heterocycles. The molecule has 0 aliphatic rings.